The van der Waals surface area contributed by atoms with Gasteiger partial charge in [-0.3, -0.25) is 4.79 Å². The second-order valence-electron chi connectivity index (χ2n) is 5.06. The van der Waals surface area contributed by atoms with Crippen molar-refractivity contribution in [3.63, 3.8) is 0 Å². The minimum atomic E-state index is 0.277. The molecule has 0 aromatic rings. The number of rotatable bonds is 4. The summed E-state index contributed by atoms with van der Waals surface area (Å²) in [5.41, 5.74) is 6.05. The van der Waals surface area contributed by atoms with E-state index in [1.165, 1.54) is 6.42 Å². The number of fused-ring (bicyclic) bond motifs is 1. The second kappa shape index (κ2) is 5.15. The summed E-state index contributed by atoms with van der Waals surface area (Å²) in [6.45, 7) is 2.49. The molecular weight excluding hydrogens is 204 g/mol. The Morgan fingerprint density at radius 1 is 1.44 bits per heavy atom. The van der Waals surface area contributed by atoms with Crippen LogP contribution in [-0.4, -0.2) is 43.7 Å². The molecule has 0 bridgehead atoms. The Bertz CT molecular complexity index is 257. The third kappa shape index (κ3) is 2.38. The summed E-state index contributed by atoms with van der Waals surface area (Å²) in [6, 6.07) is 0.321. The minimum absolute atomic E-state index is 0.277. The Kier molecular flexibility index (Phi) is 3.82. The molecular formula is C12H22N2O2. The van der Waals surface area contributed by atoms with E-state index in [1.807, 2.05) is 4.90 Å². The monoisotopic (exact) mass is 226 g/mol. The lowest BCUT2D eigenvalue weighted by Crippen LogP contribution is -2.33. The maximum atomic E-state index is 11.9. The highest BCUT2D eigenvalue weighted by atomic mass is 16.5. The molecule has 2 aliphatic rings. The summed E-state index contributed by atoms with van der Waals surface area (Å²) < 4.78 is 4.96. The van der Waals surface area contributed by atoms with Gasteiger partial charge in [0.25, 0.3) is 0 Å². The molecule has 0 aromatic carbocycles. The van der Waals surface area contributed by atoms with Crippen molar-refractivity contribution in [2.75, 3.05) is 26.8 Å². The van der Waals surface area contributed by atoms with Gasteiger partial charge in [-0.25, -0.2) is 0 Å². The minimum Gasteiger partial charge on any atom is -0.385 e. The first kappa shape index (κ1) is 11.9. The molecule has 16 heavy (non-hydrogen) atoms. The van der Waals surface area contributed by atoms with E-state index in [0.717, 1.165) is 25.9 Å². The number of hydrogen-bond donors (Lipinski definition) is 1. The Balaban J connectivity index is 1.78. The standard InChI is InChI=1S/C12H22N2O2/c1-16-6-2-3-12(15)14-7-9-4-5-11(13)10(9)8-14/h9-11H,2-8,13H2,1H3. The van der Waals surface area contributed by atoms with Crippen LogP contribution < -0.4 is 5.73 Å². The van der Waals surface area contributed by atoms with Crippen LogP contribution in [0, 0.1) is 11.8 Å². The summed E-state index contributed by atoms with van der Waals surface area (Å²) in [4.78, 5) is 13.9. The van der Waals surface area contributed by atoms with Gasteiger partial charge in [0.2, 0.25) is 5.91 Å². The van der Waals surface area contributed by atoms with E-state index < -0.39 is 0 Å². The van der Waals surface area contributed by atoms with Crippen LogP contribution in [0.15, 0.2) is 0 Å². The largest absolute Gasteiger partial charge is 0.385 e. The van der Waals surface area contributed by atoms with Crippen molar-refractivity contribution >= 4 is 5.91 Å². The molecule has 4 heteroatoms. The third-order valence-electron chi connectivity index (χ3n) is 4.00. The quantitative estimate of drug-likeness (QED) is 0.715. The summed E-state index contributed by atoms with van der Waals surface area (Å²) in [5, 5.41) is 0. The molecule has 4 nitrogen and oxygen atoms in total. The Hall–Kier alpha value is -0.610. The molecule has 1 heterocycles. The molecule has 92 valence electrons. The summed E-state index contributed by atoms with van der Waals surface area (Å²) >= 11 is 0. The van der Waals surface area contributed by atoms with E-state index >= 15 is 0 Å². The topological polar surface area (TPSA) is 55.6 Å². The second-order valence-corrected chi connectivity index (χ2v) is 5.06. The summed E-state index contributed by atoms with van der Waals surface area (Å²) in [6.07, 6.45) is 3.78. The van der Waals surface area contributed by atoms with Gasteiger partial charge < -0.3 is 15.4 Å². The Morgan fingerprint density at radius 2 is 2.25 bits per heavy atom. The highest BCUT2D eigenvalue weighted by molar-refractivity contribution is 5.76. The highest BCUT2D eigenvalue weighted by Crippen LogP contribution is 2.37. The molecule has 1 aliphatic carbocycles. The Labute approximate surface area is 97.1 Å². The molecule has 0 aromatic heterocycles. The van der Waals surface area contributed by atoms with Gasteiger partial charge >= 0.3 is 0 Å². The van der Waals surface area contributed by atoms with Gasteiger partial charge in [0.15, 0.2) is 0 Å². The van der Waals surface area contributed by atoms with E-state index in [4.69, 9.17) is 10.5 Å². The van der Waals surface area contributed by atoms with Crippen molar-refractivity contribution < 1.29 is 9.53 Å². The fraction of sp³-hybridized carbons (Fsp3) is 0.917. The first-order chi connectivity index (χ1) is 7.72. The number of carbonyl (C=O) groups excluding carboxylic acids is 1. The number of methoxy groups -OCH3 is 1. The number of nitrogens with two attached hydrogens (primary N) is 1. The fourth-order valence-corrected chi connectivity index (χ4v) is 3.04. The average Bonchev–Trinajstić information content (AvgIpc) is 2.82. The first-order valence-corrected chi connectivity index (χ1v) is 6.24. The average molecular weight is 226 g/mol. The molecule has 2 fully saturated rings. The zero-order chi connectivity index (χ0) is 11.5. The number of likely N-dealkylation sites (tertiary alicyclic amines) is 1. The third-order valence-corrected chi connectivity index (χ3v) is 4.00. The van der Waals surface area contributed by atoms with E-state index in [-0.39, 0.29) is 5.91 Å². The van der Waals surface area contributed by atoms with Crippen molar-refractivity contribution in [2.45, 2.75) is 31.7 Å². The van der Waals surface area contributed by atoms with Crippen molar-refractivity contribution in [3.05, 3.63) is 0 Å². The van der Waals surface area contributed by atoms with Crippen molar-refractivity contribution in [1.29, 1.82) is 0 Å². The van der Waals surface area contributed by atoms with Crippen molar-refractivity contribution in [2.24, 2.45) is 17.6 Å². The molecule has 1 aliphatic heterocycles. The molecule has 1 amide bonds. The molecule has 2 rings (SSSR count). The van der Waals surface area contributed by atoms with Crippen LogP contribution in [0.1, 0.15) is 25.7 Å². The predicted octanol–water partition coefficient (Wildman–Crippen LogP) is 0.609. The number of carbonyl (C=O) groups is 1. The molecule has 0 spiro atoms. The Morgan fingerprint density at radius 3 is 2.94 bits per heavy atom. The SMILES string of the molecule is COCCCC(=O)N1CC2CCC(N)C2C1. The van der Waals surface area contributed by atoms with Crippen LogP contribution in [0.3, 0.4) is 0 Å². The van der Waals surface area contributed by atoms with Crippen LogP contribution in [0.4, 0.5) is 0 Å². The van der Waals surface area contributed by atoms with Crippen molar-refractivity contribution in [1.82, 2.24) is 4.90 Å². The summed E-state index contributed by atoms with van der Waals surface area (Å²) in [5.74, 6) is 1.51. The zero-order valence-electron chi connectivity index (χ0n) is 10.0. The van der Waals surface area contributed by atoms with Crippen LogP contribution in [0.25, 0.3) is 0 Å². The van der Waals surface area contributed by atoms with Crippen molar-refractivity contribution in [3.8, 4) is 0 Å². The number of nitrogens with zero attached hydrogens (tertiary/aromatic N) is 1. The zero-order valence-corrected chi connectivity index (χ0v) is 10.0. The fourth-order valence-electron chi connectivity index (χ4n) is 3.04. The van der Waals surface area contributed by atoms with Gasteiger partial charge in [-0.2, -0.15) is 0 Å². The number of ether oxygens (including phenoxy) is 1. The van der Waals surface area contributed by atoms with Gasteiger partial charge in [-0.05, 0) is 31.1 Å². The maximum absolute atomic E-state index is 11.9. The molecule has 1 saturated carbocycles. The number of hydrogen-bond acceptors (Lipinski definition) is 3. The van der Waals surface area contributed by atoms with Gasteiger partial charge in [-0.1, -0.05) is 0 Å². The van der Waals surface area contributed by atoms with Crippen LogP contribution in [-0.2, 0) is 9.53 Å². The summed E-state index contributed by atoms with van der Waals surface area (Å²) in [7, 11) is 1.67. The van der Waals surface area contributed by atoms with Crippen LogP contribution in [0.2, 0.25) is 0 Å². The molecule has 3 unspecified atom stereocenters. The van der Waals surface area contributed by atoms with Gasteiger partial charge in [0, 0.05) is 39.3 Å². The lowest BCUT2D eigenvalue weighted by molar-refractivity contribution is -0.130. The molecule has 3 atom stereocenters. The number of amides is 1. The van der Waals surface area contributed by atoms with E-state index in [9.17, 15) is 4.79 Å². The smallest absolute Gasteiger partial charge is 0.222 e. The normalized spacial score (nSPS) is 33.1. The first-order valence-electron chi connectivity index (χ1n) is 6.24. The maximum Gasteiger partial charge on any atom is 0.222 e. The predicted molar refractivity (Wildman–Crippen MR) is 61.9 cm³/mol. The molecule has 1 saturated heterocycles. The van der Waals surface area contributed by atoms with Gasteiger partial charge in [-0.15, -0.1) is 0 Å². The molecule has 2 N–H and O–H groups in total. The van der Waals surface area contributed by atoms with Gasteiger partial charge in [0.05, 0.1) is 0 Å². The van der Waals surface area contributed by atoms with E-state index in [0.29, 0.717) is 30.9 Å². The lowest BCUT2D eigenvalue weighted by Gasteiger charge is -2.18. The highest BCUT2D eigenvalue weighted by Gasteiger charge is 2.42. The molecule has 0 radical (unpaired) electrons. The van der Waals surface area contributed by atoms with E-state index in [2.05, 4.69) is 0 Å². The van der Waals surface area contributed by atoms with Crippen LogP contribution in [0.5, 0.6) is 0 Å². The van der Waals surface area contributed by atoms with Gasteiger partial charge in [0.1, 0.15) is 0 Å². The van der Waals surface area contributed by atoms with Crippen LogP contribution >= 0.6 is 0 Å². The van der Waals surface area contributed by atoms with E-state index in [1.54, 1.807) is 7.11 Å². The lowest BCUT2D eigenvalue weighted by atomic mass is 9.98.